The zero-order valence-corrected chi connectivity index (χ0v) is 37.2. The molecule has 0 saturated carbocycles. The van der Waals surface area contributed by atoms with Crippen molar-refractivity contribution in [2.75, 3.05) is 132 Å². The van der Waals surface area contributed by atoms with Gasteiger partial charge >= 0.3 is 17.4 Å². The number of rotatable bonds is 36. The van der Waals surface area contributed by atoms with Crippen molar-refractivity contribution in [1.29, 1.82) is 0 Å². The molecule has 1 aromatic carbocycles. The summed E-state index contributed by atoms with van der Waals surface area (Å²) < 4.78 is 62.3. The van der Waals surface area contributed by atoms with Gasteiger partial charge in [-0.25, -0.2) is 0 Å². The van der Waals surface area contributed by atoms with Gasteiger partial charge in [0.1, 0.15) is 13.2 Å². The Morgan fingerprint density at radius 3 is 1.60 bits per heavy atom. The Morgan fingerprint density at radius 2 is 1.11 bits per heavy atom. The zero-order valence-electron chi connectivity index (χ0n) is 35.2. The van der Waals surface area contributed by atoms with E-state index < -0.39 is 17.4 Å². The van der Waals surface area contributed by atoms with Crippen molar-refractivity contribution in [2.24, 2.45) is 0 Å². The predicted molar refractivity (Wildman–Crippen MR) is 218 cm³/mol. The van der Waals surface area contributed by atoms with E-state index >= 15 is 0 Å². The summed E-state index contributed by atoms with van der Waals surface area (Å²) in [4.78, 5) is 2.44. The standard InChI is InChI=1S/C22H41NO7Si.C16H37NO4Si/c1-6-28-31(29-7-2,30-8-3)18-10-9-13-23-20-11-12-21(26-16-14-24-4)22(19-20)27-17-15-25-5;1-6-17(7-2)11-10-16-22(5,20-14-12-18-8-3)21-15-13-19-9-4/h11-12,19,23H,6-10,13-18H2,1-5H3;6-16H2,1-5H3. The van der Waals surface area contributed by atoms with Gasteiger partial charge in [-0.15, -0.1) is 0 Å². The second kappa shape index (κ2) is 35.1. The summed E-state index contributed by atoms with van der Waals surface area (Å²) in [5, 5.41) is 3.45. The lowest BCUT2D eigenvalue weighted by molar-refractivity contribution is 0.0659. The maximum absolute atomic E-state index is 6.08. The van der Waals surface area contributed by atoms with Crippen LogP contribution in [0.4, 0.5) is 5.69 Å². The molecule has 1 aromatic rings. The van der Waals surface area contributed by atoms with E-state index in [2.05, 4.69) is 30.6 Å². The summed E-state index contributed by atoms with van der Waals surface area (Å²) in [6.07, 6.45) is 3.07. The summed E-state index contributed by atoms with van der Waals surface area (Å²) in [7, 11) is -1.39. The van der Waals surface area contributed by atoms with Gasteiger partial charge in [-0.2, -0.15) is 0 Å². The minimum atomic E-state index is -2.56. The van der Waals surface area contributed by atoms with Gasteiger partial charge in [0.05, 0.1) is 39.6 Å². The van der Waals surface area contributed by atoms with E-state index in [4.69, 9.17) is 50.6 Å². The van der Waals surface area contributed by atoms with Gasteiger partial charge in [-0.05, 0) is 98.2 Å². The fourth-order valence-corrected chi connectivity index (χ4v) is 10.2. The molecule has 13 nitrogen and oxygen atoms in total. The molecule has 0 atom stereocenters. The summed E-state index contributed by atoms with van der Waals surface area (Å²) in [5.74, 6) is 1.38. The molecule has 0 fully saturated rings. The minimum absolute atomic E-state index is 0.458. The normalized spacial score (nSPS) is 11.8. The molecule has 0 spiro atoms. The third kappa shape index (κ3) is 26.2. The van der Waals surface area contributed by atoms with Crippen molar-refractivity contribution in [1.82, 2.24) is 4.90 Å². The van der Waals surface area contributed by atoms with Crippen molar-refractivity contribution in [2.45, 2.75) is 86.4 Å². The van der Waals surface area contributed by atoms with Crippen LogP contribution in [0.15, 0.2) is 18.2 Å². The Labute approximate surface area is 325 Å². The van der Waals surface area contributed by atoms with E-state index in [1.807, 2.05) is 52.8 Å². The maximum Gasteiger partial charge on any atom is 0.500 e. The van der Waals surface area contributed by atoms with Crippen molar-refractivity contribution < 1.29 is 50.6 Å². The number of nitrogens with one attached hydrogen (secondary N) is 1. The number of hydrogen-bond acceptors (Lipinski definition) is 13. The Kier molecular flexibility index (Phi) is 34.2. The largest absolute Gasteiger partial charge is 0.500 e. The number of benzene rings is 1. The van der Waals surface area contributed by atoms with Gasteiger partial charge in [-0.1, -0.05) is 13.8 Å². The van der Waals surface area contributed by atoms with Gasteiger partial charge in [0.15, 0.2) is 11.5 Å². The number of hydrogen-bond donors (Lipinski definition) is 1. The molecule has 53 heavy (non-hydrogen) atoms. The molecule has 1 rings (SSSR count). The molecule has 0 radical (unpaired) electrons. The van der Waals surface area contributed by atoms with Crippen LogP contribution in [0.2, 0.25) is 18.6 Å². The lowest BCUT2D eigenvalue weighted by atomic mass is 10.2. The molecule has 0 heterocycles. The van der Waals surface area contributed by atoms with Crippen LogP contribution in [-0.2, 0) is 41.1 Å². The molecule has 0 aliphatic rings. The maximum atomic E-state index is 6.08. The highest BCUT2D eigenvalue weighted by Crippen LogP contribution is 2.31. The van der Waals surface area contributed by atoms with Gasteiger partial charge in [0, 0.05) is 71.6 Å². The van der Waals surface area contributed by atoms with E-state index in [0.29, 0.717) is 84.2 Å². The Balaban J connectivity index is 0.00000108. The van der Waals surface area contributed by atoms with Crippen LogP contribution in [0.3, 0.4) is 0 Å². The van der Waals surface area contributed by atoms with Gasteiger partial charge in [-0.3, -0.25) is 0 Å². The van der Waals surface area contributed by atoms with Gasteiger partial charge < -0.3 is 60.8 Å². The van der Waals surface area contributed by atoms with Crippen molar-refractivity contribution in [3.8, 4) is 11.5 Å². The first kappa shape index (κ1) is 51.7. The first-order valence-electron chi connectivity index (χ1n) is 19.9. The Bertz CT molecular complexity index is 922. The Morgan fingerprint density at radius 1 is 0.566 bits per heavy atom. The fourth-order valence-electron chi connectivity index (χ4n) is 5.29. The topological polar surface area (TPSA) is 117 Å². The zero-order chi connectivity index (χ0) is 39.5. The molecule has 0 aliphatic heterocycles. The average Bonchev–Trinajstić information content (AvgIpc) is 3.15. The molecule has 314 valence electrons. The van der Waals surface area contributed by atoms with Crippen LogP contribution in [-0.4, -0.2) is 149 Å². The van der Waals surface area contributed by atoms with Crippen LogP contribution >= 0.6 is 0 Å². The molecule has 15 heteroatoms. The highest BCUT2D eigenvalue weighted by atomic mass is 28.4. The van der Waals surface area contributed by atoms with Crippen LogP contribution in [0.1, 0.15) is 67.7 Å². The first-order valence-corrected chi connectivity index (χ1v) is 24.4. The quantitative estimate of drug-likeness (QED) is 0.0563. The van der Waals surface area contributed by atoms with Crippen molar-refractivity contribution >= 4 is 23.1 Å². The van der Waals surface area contributed by atoms with Crippen LogP contribution in [0.5, 0.6) is 11.5 Å². The van der Waals surface area contributed by atoms with E-state index in [1.54, 1.807) is 14.2 Å². The van der Waals surface area contributed by atoms with E-state index in [9.17, 15) is 0 Å². The summed E-state index contributed by atoms with van der Waals surface area (Å²) in [5.41, 5.74) is 0.981. The van der Waals surface area contributed by atoms with Crippen LogP contribution < -0.4 is 14.8 Å². The second-order valence-electron chi connectivity index (χ2n) is 12.1. The smallest absolute Gasteiger partial charge is 0.487 e. The number of anilines is 1. The summed E-state index contributed by atoms with van der Waals surface area (Å²) in [6, 6.07) is 7.70. The van der Waals surface area contributed by atoms with E-state index in [-0.39, 0.29) is 0 Å². The van der Waals surface area contributed by atoms with E-state index in [0.717, 1.165) is 76.4 Å². The Hall–Kier alpha value is -1.35. The SMILES string of the molecule is CCOCCO[Si](C)(CCCN(CC)CC)OCCOCC.CCO[Si](CCCCNc1ccc(OCCOC)c(OCCOC)c1)(OCC)OCC. The van der Waals surface area contributed by atoms with Crippen molar-refractivity contribution in [3.05, 3.63) is 18.2 Å². The molecular weight excluding hydrogens is 717 g/mol. The number of methoxy groups -OCH3 is 2. The lowest BCUT2D eigenvalue weighted by Gasteiger charge is -2.28. The fraction of sp³-hybridized carbons (Fsp3) is 0.842. The molecule has 0 aliphatic carbocycles. The molecular formula is C38H78N2O11Si2. The molecule has 0 bridgehead atoms. The number of nitrogens with zero attached hydrogens (tertiary/aromatic N) is 1. The number of ether oxygens (including phenoxy) is 6. The predicted octanol–water partition coefficient (Wildman–Crippen LogP) is 6.87. The molecule has 1 N–H and O–H groups in total. The van der Waals surface area contributed by atoms with E-state index in [1.165, 1.54) is 0 Å². The highest BCUT2D eigenvalue weighted by Gasteiger charge is 2.39. The van der Waals surface area contributed by atoms with Gasteiger partial charge in [0.2, 0.25) is 0 Å². The first-order chi connectivity index (χ1) is 25.8. The minimum Gasteiger partial charge on any atom is -0.487 e. The highest BCUT2D eigenvalue weighted by molar-refractivity contribution is 6.66. The summed E-state index contributed by atoms with van der Waals surface area (Å²) in [6.45, 7) is 28.4. The van der Waals surface area contributed by atoms with Crippen molar-refractivity contribution in [3.63, 3.8) is 0 Å². The average molecular weight is 795 g/mol. The monoisotopic (exact) mass is 795 g/mol. The molecule has 0 amide bonds. The molecule has 0 unspecified atom stereocenters. The number of unbranched alkanes of at least 4 members (excludes halogenated alkanes) is 1. The molecule has 0 saturated heterocycles. The van der Waals surface area contributed by atoms with Crippen LogP contribution in [0.25, 0.3) is 0 Å². The lowest BCUT2D eigenvalue weighted by Crippen LogP contribution is -2.45. The molecule has 0 aromatic heterocycles. The third-order valence-corrected chi connectivity index (χ3v) is 14.1. The van der Waals surface area contributed by atoms with Gasteiger partial charge in [0.25, 0.3) is 0 Å². The summed E-state index contributed by atoms with van der Waals surface area (Å²) >= 11 is 0. The second-order valence-corrected chi connectivity index (χ2v) is 18.1. The third-order valence-electron chi connectivity index (χ3n) is 8.04. The van der Waals surface area contributed by atoms with Crippen LogP contribution in [0, 0.1) is 0 Å².